The number of nitrogens with one attached hydrogen (secondary N) is 2. The van der Waals surface area contributed by atoms with E-state index in [1.807, 2.05) is 19.1 Å². The van der Waals surface area contributed by atoms with Gasteiger partial charge in [-0.15, -0.1) is 0 Å². The summed E-state index contributed by atoms with van der Waals surface area (Å²) < 4.78 is 10.0. The largest absolute Gasteiger partial charge is 0.465 e. The van der Waals surface area contributed by atoms with Crippen LogP contribution < -0.4 is 10.6 Å². The van der Waals surface area contributed by atoms with E-state index < -0.39 is 5.97 Å². The minimum atomic E-state index is -0.453. The quantitative estimate of drug-likeness (QED) is 0.808. The van der Waals surface area contributed by atoms with Gasteiger partial charge in [-0.05, 0) is 43.5 Å². The van der Waals surface area contributed by atoms with E-state index in [4.69, 9.17) is 4.74 Å². The molecule has 0 atom stereocenters. The van der Waals surface area contributed by atoms with E-state index in [0.29, 0.717) is 17.6 Å². The molecule has 132 valence electrons. The van der Waals surface area contributed by atoms with Crippen molar-refractivity contribution in [3.63, 3.8) is 0 Å². The van der Waals surface area contributed by atoms with E-state index in [9.17, 15) is 4.79 Å². The molecule has 0 unspecified atom stereocenters. The van der Waals surface area contributed by atoms with E-state index in [1.165, 1.54) is 19.5 Å². The SMILES string of the molecule is COC(=O)c1cnc(Nc2ccc(NC3CCOCC3)cc2C)nc1. The fraction of sp³-hybridized carbons (Fsp3) is 0.389. The van der Waals surface area contributed by atoms with E-state index in [0.717, 1.165) is 43.0 Å². The summed E-state index contributed by atoms with van der Waals surface area (Å²) in [7, 11) is 1.33. The molecule has 0 spiro atoms. The van der Waals surface area contributed by atoms with Crippen molar-refractivity contribution in [2.75, 3.05) is 31.0 Å². The van der Waals surface area contributed by atoms with Crippen LogP contribution in [0, 0.1) is 6.92 Å². The molecule has 7 nitrogen and oxygen atoms in total. The molecule has 1 saturated heterocycles. The van der Waals surface area contributed by atoms with Gasteiger partial charge in [-0.2, -0.15) is 0 Å². The Bertz CT molecular complexity index is 728. The summed E-state index contributed by atoms with van der Waals surface area (Å²) in [6.07, 6.45) is 4.94. The zero-order valence-corrected chi connectivity index (χ0v) is 14.4. The summed E-state index contributed by atoms with van der Waals surface area (Å²) in [5.74, 6) is -0.0211. The number of hydrogen-bond donors (Lipinski definition) is 2. The first kappa shape index (κ1) is 17.2. The highest BCUT2D eigenvalue weighted by Crippen LogP contribution is 2.23. The first-order valence-electron chi connectivity index (χ1n) is 8.28. The predicted octanol–water partition coefficient (Wildman–Crippen LogP) is 2.91. The van der Waals surface area contributed by atoms with Crippen LogP contribution in [0.1, 0.15) is 28.8 Å². The molecule has 2 N–H and O–H groups in total. The monoisotopic (exact) mass is 342 g/mol. The Morgan fingerprint density at radius 1 is 1.24 bits per heavy atom. The first-order chi connectivity index (χ1) is 12.2. The number of hydrogen-bond acceptors (Lipinski definition) is 7. The molecule has 1 fully saturated rings. The fourth-order valence-electron chi connectivity index (χ4n) is 2.71. The molecule has 0 radical (unpaired) electrons. The zero-order valence-electron chi connectivity index (χ0n) is 14.4. The number of aromatic nitrogens is 2. The predicted molar refractivity (Wildman–Crippen MR) is 95.3 cm³/mol. The van der Waals surface area contributed by atoms with Crippen LogP contribution in [0.15, 0.2) is 30.6 Å². The second-order valence-corrected chi connectivity index (χ2v) is 5.97. The number of anilines is 3. The minimum absolute atomic E-state index is 0.320. The molecule has 1 aliphatic heterocycles. The Kier molecular flexibility index (Phi) is 5.45. The lowest BCUT2D eigenvalue weighted by atomic mass is 10.1. The van der Waals surface area contributed by atoms with Crippen LogP contribution in [0.25, 0.3) is 0 Å². The number of methoxy groups -OCH3 is 1. The maximum absolute atomic E-state index is 11.4. The van der Waals surface area contributed by atoms with Crippen LogP contribution in [-0.4, -0.2) is 42.3 Å². The summed E-state index contributed by atoms with van der Waals surface area (Å²) >= 11 is 0. The van der Waals surface area contributed by atoms with Crippen LogP contribution in [-0.2, 0) is 9.47 Å². The van der Waals surface area contributed by atoms with Crippen molar-refractivity contribution in [1.82, 2.24) is 9.97 Å². The second-order valence-electron chi connectivity index (χ2n) is 5.97. The molecule has 1 aliphatic rings. The zero-order chi connectivity index (χ0) is 17.6. The van der Waals surface area contributed by atoms with Gasteiger partial charge in [-0.3, -0.25) is 0 Å². The molecule has 0 aliphatic carbocycles. The summed E-state index contributed by atoms with van der Waals surface area (Å²) in [6.45, 7) is 3.66. The molecule has 0 bridgehead atoms. The van der Waals surface area contributed by atoms with Crippen molar-refractivity contribution in [2.24, 2.45) is 0 Å². The van der Waals surface area contributed by atoms with Crippen LogP contribution in [0.2, 0.25) is 0 Å². The van der Waals surface area contributed by atoms with E-state index in [-0.39, 0.29) is 0 Å². The summed E-state index contributed by atoms with van der Waals surface area (Å²) in [5.41, 5.74) is 3.42. The van der Waals surface area contributed by atoms with Crippen molar-refractivity contribution >= 4 is 23.3 Å². The van der Waals surface area contributed by atoms with Gasteiger partial charge in [0, 0.05) is 43.0 Å². The average molecular weight is 342 g/mol. The molecule has 2 aromatic rings. The van der Waals surface area contributed by atoms with Gasteiger partial charge in [-0.1, -0.05) is 0 Å². The van der Waals surface area contributed by atoms with Gasteiger partial charge < -0.3 is 20.1 Å². The van der Waals surface area contributed by atoms with Crippen LogP contribution in [0.3, 0.4) is 0 Å². The van der Waals surface area contributed by atoms with Crippen molar-refractivity contribution in [3.8, 4) is 0 Å². The van der Waals surface area contributed by atoms with Crippen LogP contribution >= 0.6 is 0 Å². The third-order valence-corrected chi connectivity index (χ3v) is 4.14. The lowest BCUT2D eigenvalue weighted by molar-refractivity contribution is 0.0600. The molecule has 7 heteroatoms. The molecule has 2 heterocycles. The Morgan fingerprint density at radius 3 is 2.60 bits per heavy atom. The number of nitrogens with zero attached hydrogens (tertiary/aromatic N) is 2. The maximum Gasteiger partial charge on any atom is 0.341 e. The number of benzene rings is 1. The standard InChI is InChI=1S/C18H22N4O3/c1-12-9-15(21-14-5-7-25-8-6-14)3-4-16(12)22-18-19-10-13(11-20-18)17(23)24-2/h3-4,9-11,14,21H,5-8H2,1-2H3,(H,19,20,22). The Hall–Kier alpha value is -2.67. The number of rotatable bonds is 5. The Balaban J connectivity index is 1.65. The highest BCUT2D eigenvalue weighted by Gasteiger charge is 2.14. The molecule has 25 heavy (non-hydrogen) atoms. The van der Waals surface area contributed by atoms with Gasteiger partial charge in [0.2, 0.25) is 5.95 Å². The topological polar surface area (TPSA) is 85.4 Å². The van der Waals surface area contributed by atoms with E-state index in [2.05, 4.69) is 31.4 Å². The number of esters is 1. The normalized spacial score (nSPS) is 14.8. The second kappa shape index (κ2) is 7.94. The molecule has 0 amide bonds. The molecule has 3 rings (SSSR count). The van der Waals surface area contributed by atoms with Crippen molar-refractivity contribution in [3.05, 3.63) is 41.7 Å². The number of ether oxygens (including phenoxy) is 2. The smallest absolute Gasteiger partial charge is 0.341 e. The summed E-state index contributed by atoms with van der Waals surface area (Å²) in [6, 6.07) is 6.59. The van der Waals surface area contributed by atoms with E-state index in [1.54, 1.807) is 0 Å². The lowest BCUT2D eigenvalue weighted by Gasteiger charge is -2.24. The van der Waals surface area contributed by atoms with E-state index >= 15 is 0 Å². The van der Waals surface area contributed by atoms with Crippen molar-refractivity contribution < 1.29 is 14.3 Å². The Labute approximate surface area is 146 Å². The molecule has 1 aromatic carbocycles. The van der Waals surface area contributed by atoms with Crippen molar-refractivity contribution in [1.29, 1.82) is 0 Å². The van der Waals surface area contributed by atoms with Crippen LogP contribution in [0.4, 0.5) is 17.3 Å². The van der Waals surface area contributed by atoms with Gasteiger partial charge in [-0.25, -0.2) is 14.8 Å². The first-order valence-corrected chi connectivity index (χ1v) is 8.28. The number of aryl methyl sites for hydroxylation is 1. The van der Waals surface area contributed by atoms with Gasteiger partial charge >= 0.3 is 5.97 Å². The highest BCUT2D eigenvalue weighted by molar-refractivity contribution is 5.88. The third-order valence-electron chi connectivity index (χ3n) is 4.14. The molecular weight excluding hydrogens is 320 g/mol. The van der Waals surface area contributed by atoms with Gasteiger partial charge in [0.25, 0.3) is 0 Å². The number of carbonyl (C=O) groups excluding carboxylic acids is 1. The fourth-order valence-corrected chi connectivity index (χ4v) is 2.71. The maximum atomic E-state index is 11.4. The van der Waals surface area contributed by atoms with Gasteiger partial charge in [0.1, 0.15) is 0 Å². The lowest BCUT2D eigenvalue weighted by Crippen LogP contribution is -2.27. The average Bonchev–Trinajstić information content (AvgIpc) is 2.65. The Morgan fingerprint density at radius 2 is 1.96 bits per heavy atom. The molecule has 0 saturated carbocycles. The minimum Gasteiger partial charge on any atom is -0.465 e. The molecule has 1 aromatic heterocycles. The van der Waals surface area contributed by atoms with Crippen molar-refractivity contribution in [2.45, 2.75) is 25.8 Å². The molecular formula is C18H22N4O3. The third kappa shape index (κ3) is 4.45. The summed E-state index contributed by atoms with van der Waals surface area (Å²) in [5, 5.41) is 6.71. The highest BCUT2D eigenvalue weighted by atomic mass is 16.5. The van der Waals surface area contributed by atoms with Crippen LogP contribution in [0.5, 0.6) is 0 Å². The number of carbonyl (C=O) groups is 1. The van der Waals surface area contributed by atoms with Gasteiger partial charge in [0.05, 0.1) is 12.7 Å². The van der Waals surface area contributed by atoms with Gasteiger partial charge in [0.15, 0.2) is 0 Å². The summed E-state index contributed by atoms with van der Waals surface area (Å²) in [4.78, 5) is 19.7.